The maximum Gasteiger partial charge on any atom is 0.150 e. The van der Waals surface area contributed by atoms with Crippen LogP contribution in [0.2, 0.25) is 0 Å². The van der Waals surface area contributed by atoms with E-state index in [0.717, 1.165) is 50.5 Å². The first kappa shape index (κ1) is 15.3. The van der Waals surface area contributed by atoms with E-state index in [1.807, 2.05) is 0 Å². The van der Waals surface area contributed by atoms with Crippen LogP contribution in [0, 0.1) is 0 Å². The average Bonchev–Trinajstić information content (AvgIpc) is 3.16. The Morgan fingerprint density at radius 3 is 3.00 bits per heavy atom. The molecule has 1 aliphatic heterocycles. The standard InChI is InChI=1S/C18H25N3O/c1-2-6-16-11-18(22-20-16)12-19-17-9-10-21(14-17)13-15-7-4-3-5-8-15/h3-5,7-8,11,17,19H,2,6,9-10,12-14H2,1H3. The molecule has 4 heteroatoms. The predicted molar refractivity (Wildman–Crippen MR) is 87.5 cm³/mol. The molecule has 1 aliphatic rings. The van der Waals surface area contributed by atoms with Crippen LogP contribution in [0.4, 0.5) is 0 Å². The van der Waals surface area contributed by atoms with Gasteiger partial charge >= 0.3 is 0 Å². The quantitative estimate of drug-likeness (QED) is 0.853. The summed E-state index contributed by atoms with van der Waals surface area (Å²) in [5, 5.41) is 7.69. The van der Waals surface area contributed by atoms with Crippen LogP contribution in [-0.4, -0.2) is 29.2 Å². The molecule has 0 saturated carbocycles. The van der Waals surface area contributed by atoms with Gasteiger partial charge in [0.1, 0.15) is 0 Å². The third-order valence-electron chi connectivity index (χ3n) is 4.20. The Hall–Kier alpha value is -1.65. The Morgan fingerprint density at radius 1 is 1.32 bits per heavy atom. The highest BCUT2D eigenvalue weighted by molar-refractivity contribution is 5.14. The van der Waals surface area contributed by atoms with Gasteiger partial charge in [0.25, 0.3) is 0 Å². The molecule has 4 nitrogen and oxygen atoms in total. The topological polar surface area (TPSA) is 41.3 Å². The van der Waals surface area contributed by atoms with Crippen LogP contribution >= 0.6 is 0 Å². The molecule has 2 aromatic rings. The molecular weight excluding hydrogens is 274 g/mol. The number of nitrogens with zero attached hydrogens (tertiary/aromatic N) is 2. The molecular formula is C18H25N3O. The summed E-state index contributed by atoms with van der Waals surface area (Å²) < 4.78 is 5.37. The van der Waals surface area contributed by atoms with Gasteiger partial charge in [-0.1, -0.05) is 48.8 Å². The summed E-state index contributed by atoms with van der Waals surface area (Å²) in [5.41, 5.74) is 2.46. The van der Waals surface area contributed by atoms with Crippen molar-refractivity contribution in [1.29, 1.82) is 0 Å². The Bertz CT molecular complexity index is 567. The second-order valence-corrected chi connectivity index (χ2v) is 6.12. The van der Waals surface area contributed by atoms with Crippen molar-refractivity contribution in [2.24, 2.45) is 0 Å². The third-order valence-corrected chi connectivity index (χ3v) is 4.20. The summed E-state index contributed by atoms with van der Waals surface area (Å²) in [6.07, 6.45) is 3.30. The molecule has 0 spiro atoms. The maximum atomic E-state index is 5.37. The highest BCUT2D eigenvalue weighted by Crippen LogP contribution is 2.14. The lowest BCUT2D eigenvalue weighted by molar-refractivity contribution is 0.314. The molecule has 0 aliphatic carbocycles. The second kappa shape index (κ2) is 7.56. The highest BCUT2D eigenvalue weighted by atomic mass is 16.5. The zero-order valence-electron chi connectivity index (χ0n) is 13.3. The summed E-state index contributed by atoms with van der Waals surface area (Å²) in [5.74, 6) is 0.949. The minimum absolute atomic E-state index is 0.545. The van der Waals surface area contributed by atoms with Gasteiger partial charge in [-0.15, -0.1) is 0 Å². The van der Waals surface area contributed by atoms with Gasteiger partial charge in [-0.2, -0.15) is 0 Å². The lowest BCUT2D eigenvalue weighted by Gasteiger charge is -2.16. The average molecular weight is 299 g/mol. The first-order valence-corrected chi connectivity index (χ1v) is 8.27. The number of nitrogens with one attached hydrogen (secondary N) is 1. The van der Waals surface area contributed by atoms with Gasteiger partial charge in [-0.05, 0) is 18.4 Å². The predicted octanol–water partition coefficient (Wildman–Crippen LogP) is 2.99. The van der Waals surface area contributed by atoms with E-state index in [1.165, 1.54) is 12.0 Å². The maximum absolute atomic E-state index is 5.37. The molecule has 1 unspecified atom stereocenters. The zero-order valence-corrected chi connectivity index (χ0v) is 13.3. The van der Waals surface area contributed by atoms with Crippen LogP contribution < -0.4 is 5.32 Å². The summed E-state index contributed by atoms with van der Waals surface area (Å²) in [6.45, 7) is 6.24. The van der Waals surface area contributed by atoms with Crippen molar-refractivity contribution in [1.82, 2.24) is 15.4 Å². The van der Waals surface area contributed by atoms with E-state index in [0.29, 0.717) is 6.04 Å². The van der Waals surface area contributed by atoms with E-state index in [1.54, 1.807) is 0 Å². The molecule has 22 heavy (non-hydrogen) atoms. The Balaban J connectivity index is 1.42. The molecule has 1 fully saturated rings. The van der Waals surface area contributed by atoms with Crippen molar-refractivity contribution in [2.45, 2.75) is 45.3 Å². The molecule has 1 aromatic carbocycles. The van der Waals surface area contributed by atoms with E-state index in [2.05, 4.69) is 58.7 Å². The zero-order chi connectivity index (χ0) is 15.2. The van der Waals surface area contributed by atoms with E-state index in [-0.39, 0.29) is 0 Å². The van der Waals surface area contributed by atoms with Crippen LogP contribution in [0.25, 0.3) is 0 Å². The first-order valence-electron chi connectivity index (χ1n) is 8.27. The molecule has 2 heterocycles. The van der Waals surface area contributed by atoms with Gasteiger partial charge in [0, 0.05) is 31.7 Å². The molecule has 1 aromatic heterocycles. The largest absolute Gasteiger partial charge is 0.360 e. The van der Waals surface area contributed by atoms with Crippen molar-refractivity contribution in [3.05, 3.63) is 53.4 Å². The number of rotatable bonds is 7. The van der Waals surface area contributed by atoms with Crippen molar-refractivity contribution >= 4 is 0 Å². The van der Waals surface area contributed by atoms with Gasteiger partial charge in [-0.25, -0.2) is 0 Å². The van der Waals surface area contributed by atoms with E-state index < -0.39 is 0 Å². The van der Waals surface area contributed by atoms with Crippen LogP contribution in [0.3, 0.4) is 0 Å². The molecule has 0 amide bonds. The van der Waals surface area contributed by atoms with E-state index >= 15 is 0 Å². The molecule has 1 saturated heterocycles. The molecule has 3 rings (SSSR count). The Kier molecular flexibility index (Phi) is 5.24. The smallest absolute Gasteiger partial charge is 0.150 e. The van der Waals surface area contributed by atoms with Crippen LogP contribution in [0.15, 0.2) is 40.9 Å². The molecule has 0 radical (unpaired) electrons. The molecule has 1 atom stereocenters. The van der Waals surface area contributed by atoms with Crippen LogP contribution in [0.1, 0.15) is 36.8 Å². The summed E-state index contributed by atoms with van der Waals surface area (Å²) in [4.78, 5) is 2.51. The first-order chi connectivity index (χ1) is 10.8. The second-order valence-electron chi connectivity index (χ2n) is 6.12. The van der Waals surface area contributed by atoms with Crippen molar-refractivity contribution in [3.8, 4) is 0 Å². The summed E-state index contributed by atoms with van der Waals surface area (Å²) >= 11 is 0. The number of hydrogen-bond acceptors (Lipinski definition) is 4. The van der Waals surface area contributed by atoms with Crippen molar-refractivity contribution in [3.63, 3.8) is 0 Å². The summed E-state index contributed by atoms with van der Waals surface area (Å²) in [6, 6.07) is 13.3. The van der Waals surface area contributed by atoms with Crippen LogP contribution in [0.5, 0.6) is 0 Å². The minimum atomic E-state index is 0.545. The monoisotopic (exact) mass is 299 g/mol. The third kappa shape index (κ3) is 4.18. The number of aromatic nitrogens is 1. The summed E-state index contributed by atoms with van der Waals surface area (Å²) in [7, 11) is 0. The molecule has 1 N–H and O–H groups in total. The fourth-order valence-corrected chi connectivity index (χ4v) is 3.04. The fourth-order valence-electron chi connectivity index (χ4n) is 3.04. The molecule has 118 valence electrons. The Morgan fingerprint density at radius 2 is 2.18 bits per heavy atom. The van der Waals surface area contributed by atoms with Gasteiger partial charge in [0.05, 0.1) is 12.2 Å². The number of benzene rings is 1. The highest BCUT2D eigenvalue weighted by Gasteiger charge is 2.22. The normalized spacial score (nSPS) is 18.9. The number of hydrogen-bond donors (Lipinski definition) is 1. The van der Waals surface area contributed by atoms with Crippen LogP contribution in [-0.2, 0) is 19.5 Å². The lowest BCUT2D eigenvalue weighted by atomic mass is 10.2. The fraction of sp³-hybridized carbons (Fsp3) is 0.500. The number of likely N-dealkylation sites (tertiary alicyclic amines) is 1. The number of aryl methyl sites for hydroxylation is 1. The van der Waals surface area contributed by atoms with Gasteiger partial charge in [-0.3, -0.25) is 4.90 Å². The van der Waals surface area contributed by atoms with E-state index in [9.17, 15) is 0 Å². The van der Waals surface area contributed by atoms with Gasteiger partial charge in [0.2, 0.25) is 0 Å². The lowest BCUT2D eigenvalue weighted by Crippen LogP contribution is -2.31. The minimum Gasteiger partial charge on any atom is -0.360 e. The molecule has 0 bridgehead atoms. The van der Waals surface area contributed by atoms with Crippen molar-refractivity contribution in [2.75, 3.05) is 13.1 Å². The SMILES string of the molecule is CCCc1cc(CNC2CCN(Cc3ccccc3)C2)on1. The van der Waals surface area contributed by atoms with Gasteiger partial charge < -0.3 is 9.84 Å². The van der Waals surface area contributed by atoms with E-state index in [4.69, 9.17) is 4.52 Å². The Labute approximate surface area is 132 Å². The van der Waals surface area contributed by atoms with Crippen molar-refractivity contribution < 1.29 is 4.52 Å². The van der Waals surface area contributed by atoms with Gasteiger partial charge in [0.15, 0.2) is 5.76 Å².